The van der Waals surface area contributed by atoms with Crippen molar-refractivity contribution in [2.24, 2.45) is 0 Å². The third-order valence-electron chi connectivity index (χ3n) is 4.11. The van der Waals surface area contributed by atoms with Crippen LogP contribution in [0.25, 0.3) is 5.69 Å². The highest BCUT2D eigenvalue weighted by molar-refractivity contribution is 7.12. The molecule has 1 N–H and O–H groups in total. The average Bonchev–Trinajstić information content (AvgIpc) is 3.40. The summed E-state index contributed by atoms with van der Waals surface area (Å²) in [5.41, 5.74) is 2.70. The fourth-order valence-corrected chi connectivity index (χ4v) is 3.46. The quantitative estimate of drug-likeness (QED) is 0.541. The Morgan fingerprint density at radius 2 is 1.96 bits per heavy atom. The summed E-state index contributed by atoms with van der Waals surface area (Å²) in [6, 6.07) is 17.3. The maximum Gasteiger partial charge on any atom is 0.263 e. The maximum absolute atomic E-state index is 12.7. The SMILES string of the molecule is Cc1ccc(Oc2ccccc2CNC(=O)c2sccc2-n2cnnn2)cc1. The standard InChI is InChI=1S/C20H17N5O2S/c1-14-6-8-16(9-7-14)27-18-5-3-2-4-15(18)12-21-20(26)19-17(10-11-28-19)25-13-22-23-24-25/h2-11,13H,12H2,1H3,(H,21,26). The summed E-state index contributed by atoms with van der Waals surface area (Å²) in [6.45, 7) is 2.37. The van der Waals surface area contributed by atoms with Crippen molar-refractivity contribution in [1.82, 2.24) is 25.5 Å². The molecule has 0 aliphatic rings. The predicted molar refractivity (Wildman–Crippen MR) is 106 cm³/mol. The van der Waals surface area contributed by atoms with Crippen LogP contribution in [0.3, 0.4) is 0 Å². The van der Waals surface area contributed by atoms with Crippen molar-refractivity contribution >= 4 is 17.2 Å². The second-order valence-corrected chi connectivity index (χ2v) is 7.01. The third-order valence-corrected chi connectivity index (χ3v) is 5.01. The van der Waals surface area contributed by atoms with Gasteiger partial charge in [-0.05, 0) is 47.0 Å². The van der Waals surface area contributed by atoms with Crippen LogP contribution in [0.4, 0.5) is 0 Å². The smallest absolute Gasteiger partial charge is 0.263 e. The van der Waals surface area contributed by atoms with E-state index in [1.54, 1.807) is 0 Å². The zero-order valence-corrected chi connectivity index (χ0v) is 15.9. The minimum Gasteiger partial charge on any atom is -0.457 e. The Morgan fingerprint density at radius 3 is 2.75 bits per heavy atom. The first-order chi connectivity index (χ1) is 13.7. The second kappa shape index (κ2) is 8.01. The molecule has 0 atom stereocenters. The van der Waals surface area contributed by atoms with Crippen LogP contribution in [0.1, 0.15) is 20.8 Å². The van der Waals surface area contributed by atoms with Crippen molar-refractivity contribution in [2.45, 2.75) is 13.5 Å². The number of nitrogens with zero attached hydrogens (tertiary/aromatic N) is 4. The van der Waals surface area contributed by atoms with E-state index in [0.717, 1.165) is 11.3 Å². The van der Waals surface area contributed by atoms with E-state index in [4.69, 9.17) is 4.74 Å². The lowest BCUT2D eigenvalue weighted by atomic mass is 10.2. The number of hydrogen-bond donors (Lipinski definition) is 1. The number of hydrogen-bond acceptors (Lipinski definition) is 6. The number of rotatable bonds is 6. The molecule has 28 heavy (non-hydrogen) atoms. The zero-order valence-electron chi connectivity index (χ0n) is 15.1. The highest BCUT2D eigenvalue weighted by Crippen LogP contribution is 2.26. The highest BCUT2D eigenvalue weighted by Gasteiger charge is 2.16. The van der Waals surface area contributed by atoms with E-state index < -0.39 is 0 Å². The number of tetrazole rings is 1. The average molecular weight is 391 g/mol. The monoisotopic (exact) mass is 391 g/mol. The summed E-state index contributed by atoms with van der Waals surface area (Å²) < 4.78 is 7.46. The Balaban J connectivity index is 1.48. The van der Waals surface area contributed by atoms with Gasteiger partial charge in [-0.3, -0.25) is 4.79 Å². The molecule has 0 unspecified atom stereocenters. The molecular formula is C20H17N5O2S. The van der Waals surface area contributed by atoms with Crippen molar-refractivity contribution in [3.8, 4) is 17.2 Å². The van der Waals surface area contributed by atoms with Crippen molar-refractivity contribution in [3.05, 3.63) is 82.3 Å². The lowest BCUT2D eigenvalue weighted by Crippen LogP contribution is -2.23. The summed E-state index contributed by atoms with van der Waals surface area (Å²) in [6.07, 6.45) is 1.46. The molecule has 0 aliphatic heterocycles. The Kier molecular flexibility index (Phi) is 5.11. The number of carbonyl (C=O) groups excluding carboxylic acids is 1. The number of aryl methyl sites for hydroxylation is 1. The van der Waals surface area contributed by atoms with Gasteiger partial charge < -0.3 is 10.1 Å². The number of thiophene rings is 1. The Labute approximate surface area is 165 Å². The van der Waals surface area contributed by atoms with Gasteiger partial charge in [-0.1, -0.05) is 35.9 Å². The van der Waals surface area contributed by atoms with Gasteiger partial charge >= 0.3 is 0 Å². The molecule has 0 saturated heterocycles. The van der Waals surface area contributed by atoms with E-state index in [2.05, 4.69) is 20.8 Å². The van der Waals surface area contributed by atoms with Gasteiger partial charge in [0.2, 0.25) is 0 Å². The summed E-state index contributed by atoms with van der Waals surface area (Å²) in [4.78, 5) is 13.2. The third kappa shape index (κ3) is 3.91. The molecular weight excluding hydrogens is 374 g/mol. The van der Waals surface area contributed by atoms with Gasteiger partial charge in [0, 0.05) is 12.1 Å². The summed E-state index contributed by atoms with van der Waals surface area (Å²) in [5, 5.41) is 15.9. The molecule has 0 saturated carbocycles. The summed E-state index contributed by atoms with van der Waals surface area (Å²) in [7, 11) is 0. The number of amides is 1. The lowest BCUT2D eigenvalue weighted by Gasteiger charge is -2.12. The molecule has 2 aromatic carbocycles. The number of carbonyl (C=O) groups is 1. The van der Waals surface area contributed by atoms with Crippen molar-refractivity contribution in [1.29, 1.82) is 0 Å². The first-order valence-corrected chi connectivity index (χ1v) is 9.50. The van der Waals surface area contributed by atoms with Gasteiger partial charge in [0.15, 0.2) is 0 Å². The van der Waals surface area contributed by atoms with E-state index in [1.165, 1.54) is 27.9 Å². The van der Waals surface area contributed by atoms with Crippen LogP contribution >= 0.6 is 11.3 Å². The fraction of sp³-hybridized carbons (Fsp3) is 0.100. The zero-order chi connectivity index (χ0) is 19.3. The lowest BCUT2D eigenvalue weighted by molar-refractivity contribution is 0.0954. The van der Waals surface area contributed by atoms with Crippen LogP contribution in [-0.4, -0.2) is 26.1 Å². The fourth-order valence-electron chi connectivity index (χ4n) is 2.66. The molecule has 0 aliphatic carbocycles. The molecule has 140 valence electrons. The molecule has 0 fully saturated rings. The molecule has 0 radical (unpaired) electrons. The predicted octanol–water partition coefficient (Wildman–Crippen LogP) is 3.75. The minimum absolute atomic E-state index is 0.189. The number of ether oxygens (including phenoxy) is 1. The molecule has 1 amide bonds. The molecule has 2 heterocycles. The van der Waals surface area contributed by atoms with Crippen molar-refractivity contribution in [3.63, 3.8) is 0 Å². The second-order valence-electron chi connectivity index (χ2n) is 6.09. The number of benzene rings is 2. The van der Waals surface area contributed by atoms with Crippen LogP contribution in [0.15, 0.2) is 66.3 Å². The normalized spacial score (nSPS) is 10.6. The maximum atomic E-state index is 12.7. The molecule has 4 rings (SSSR count). The topological polar surface area (TPSA) is 81.9 Å². The molecule has 8 heteroatoms. The molecule has 2 aromatic heterocycles. The van der Waals surface area contributed by atoms with E-state index in [9.17, 15) is 4.79 Å². The molecule has 0 spiro atoms. The molecule has 4 aromatic rings. The van der Waals surface area contributed by atoms with Gasteiger partial charge in [0.05, 0.1) is 5.69 Å². The first kappa shape index (κ1) is 17.9. The van der Waals surface area contributed by atoms with Gasteiger partial charge in [0.25, 0.3) is 5.91 Å². The largest absolute Gasteiger partial charge is 0.457 e. The van der Waals surface area contributed by atoms with E-state index >= 15 is 0 Å². The van der Waals surface area contributed by atoms with E-state index in [1.807, 2.05) is 66.9 Å². The van der Waals surface area contributed by atoms with E-state index in [0.29, 0.717) is 22.9 Å². The number of aromatic nitrogens is 4. The van der Waals surface area contributed by atoms with Gasteiger partial charge in [-0.15, -0.1) is 16.4 Å². The van der Waals surface area contributed by atoms with Crippen molar-refractivity contribution in [2.75, 3.05) is 0 Å². The van der Waals surface area contributed by atoms with Crippen LogP contribution in [-0.2, 0) is 6.54 Å². The Bertz CT molecular complexity index is 1070. The Hall–Kier alpha value is -3.52. The number of para-hydroxylation sites is 1. The highest BCUT2D eigenvalue weighted by atomic mass is 32.1. The van der Waals surface area contributed by atoms with Gasteiger partial charge in [-0.2, -0.15) is 4.68 Å². The number of nitrogens with one attached hydrogen (secondary N) is 1. The van der Waals surface area contributed by atoms with Crippen LogP contribution < -0.4 is 10.1 Å². The van der Waals surface area contributed by atoms with Crippen LogP contribution in [0.5, 0.6) is 11.5 Å². The molecule has 0 bridgehead atoms. The first-order valence-electron chi connectivity index (χ1n) is 8.62. The van der Waals surface area contributed by atoms with Gasteiger partial charge in [-0.25, -0.2) is 0 Å². The Morgan fingerprint density at radius 1 is 1.14 bits per heavy atom. The van der Waals surface area contributed by atoms with E-state index in [-0.39, 0.29) is 5.91 Å². The van der Waals surface area contributed by atoms with Crippen molar-refractivity contribution < 1.29 is 9.53 Å². The minimum atomic E-state index is -0.189. The van der Waals surface area contributed by atoms with Crippen LogP contribution in [0.2, 0.25) is 0 Å². The van der Waals surface area contributed by atoms with Crippen LogP contribution in [0, 0.1) is 6.92 Å². The summed E-state index contributed by atoms with van der Waals surface area (Å²) in [5.74, 6) is 1.27. The van der Waals surface area contributed by atoms with Gasteiger partial charge in [0.1, 0.15) is 22.7 Å². The summed E-state index contributed by atoms with van der Waals surface area (Å²) >= 11 is 1.34. The molecule has 7 nitrogen and oxygen atoms in total.